The number of hydrogen-bond acceptors (Lipinski definition) is 5. The Bertz CT molecular complexity index is 723. The minimum absolute atomic E-state index is 0. The first-order valence-corrected chi connectivity index (χ1v) is 8.03. The lowest BCUT2D eigenvalue weighted by Gasteiger charge is -2.16. The van der Waals surface area contributed by atoms with E-state index in [-0.39, 0.29) is 12.4 Å². The Morgan fingerprint density at radius 2 is 2.04 bits per heavy atom. The number of fused-ring (bicyclic) bond motifs is 1. The number of halogens is 3. The summed E-state index contributed by atoms with van der Waals surface area (Å²) in [5.74, 6) is -0.416. The monoisotopic (exact) mass is 391 g/mol. The van der Waals surface area contributed by atoms with Crippen molar-refractivity contribution in [1.82, 2.24) is 9.88 Å². The number of likely N-dealkylation sites (N-methyl/N-ethyl adjacent to an activating group) is 1. The molecule has 0 saturated carbocycles. The second-order valence-corrected chi connectivity index (χ2v) is 6.04. The van der Waals surface area contributed by atoms with E-state index in [1.165, 1.54) is 6.20 Å². The van der Waals surface area contributed by atoms with Crippen LogP contribution in [0.3, 0.4) is 0 Å². The minimum Gasteiger partial charge on any atom is -0.462 e. The molecule has 0 aliphatic rings. The molecule has 5 nitrogen and oxygen atoms in total. The van der Waals surface area contributed by atoms with Crippen LogP contribution in [0.15, 0.2) is 18.3 Å². The van der Waals surface area contributed by atoms with Gasteiger partial charge in [-0.2, -0.15) is 0 Å². The third-order valence-corrected chi connectivity index (χ3v) is 4.08. The average molecular weight is 393 g/mol. The molecule has 0 fully saturated rings. The number of ether oxygens (including phenoxy) is 1. The van der Waals surface area contributed by atoms with Crippen LogP contribution in [0.4, 0.5) is 5.69 Å². The fourth-order valence-corrected chi connectivity index (χ4v) is 2.53. The zero-order chi connectivity index (χ0) is 17.0. The molecule has 1 aromatic heterocycles. The Balaban J connectivity index is 0.00000288. The first-order chi connectivity index (χ1) is 11.0. The van der Waals surface area contributed by atoms with Gasteiger partial charge in [-0.15, -0.1) is 12.4 Å². The molecule has 0 radical (unpaired) electrons. The molecule has 0 amide bonds. The van der Waals surface area contributed by atoms with E-state index in [4.69, 9.17) is 27.9 Å². The summed E-state index contributed by atoms with van der Waals surface area (Å²) in [4.78, 5) is 18.5. The van der Waals surface area contributed by atoms with Crippen LogP contribution in [-0.2, 0) is 4.74 Å². The molecule has 132 valence electrons. The molecular formula is C16H20Cl3N3O2. The molecule has 1 N–H and O–H groups in total. The molecule has 0 bridgehead atoms. The zero-order valence-electron chi connectivity index (χ0n) is 13.7. The van der Waals surface area contributed by atoms with E-state index in [1.807, 2.05) is 19.0 Å². The first kappa shape index (κ1) is 20.8. The van der Waals surface area contributed by atoms with Crippen molar-refractivity contribution in [2.45, 2.75) is 6.92 Å². The Morgan fingerprint density at radius 1 is 1.33 bits per heavy atom. The van der Waals surface area contributed by atoms with Crippen molar-refractivity contribution in [1.29, 1.82) is 0 Å². The summed E-state index contributed by atoms with van der Waals surface area (Å²) in [7, 11) is 3.96. The highest BCUT2D eigenvalue weighted by atomic mass is 35.5. The fraction of sp³-hybridized carbons (Fsp3) is 0.375. The van der Waals surface area contributed by atoms with Crippen molar-refractivity contribution in [3.8, 4) is 0 Å². The third kappa shape index (κ3) is 4.63. The van der Waals surface area contributed by atoms with E-state index in [0.29, 0.717) is 40.0 Å². The van der Waals surface area contributed by atoms with E-state index >= 15 is 0 Å². The van der Waals surface area contributed by atoms with Crippen molar-refractivity contribution in [2.75, 3.05) is 39.1 Å². The summed E-state index contributed by atoms with van der Waals surface area (Å²) < 4.78 is 5.11. The Morgan fingerprint density at radius 3 is 2.67 bits per heavy atom. The highest BCUT2D eigenvalue weighted by Gasteiger charge is 2.18. The van der Waals surface area contributed by atoms with Crippen LogP contribution in [0.2, 0.25) is 10.0 Å². The number of carbonyl (C=O) groups excluding carboxylic acids is 1. The van der Waals surface area contributed by atoms with E-state index in [9.17, 15) is 4.79 Å². The van der Waals surface area contributed by atoms with E-state index in [1.54, 1.807) is 19.1 Å². The molecule has 1 aromatic carbocycles. The quantitative estimate of drug-likeness (QED) is 0.750. The Kier molecular flexibility index (Phi) is 8.03. The molecule has 0 aliphatic heterocycles. The number of benzene rings is 1. The van der Waals surface area contributed by atoms with Crippen LogP contribution in [0, 0.1) is 0 Å². The summed E-state index contributed by atoms with van der Waals surface area (Å²) in [6.07, 6.45) is 1.47. The number of nitrogens with zero attached hydrogens (tertiary/aromatic N) is 2. The van der Waals surface area contributed by atoms with Gasteiger partial charge in [-0.1, -0.05) is 23.2 Å². The molecule has 2 aromatic rings. The maximum absolute atomic E-state index is 12.2. The van der Waals surface area contributed by atoms with Crippen molar-refractivity contribution < 1.29 is 9.53 Å². The normalized spacial score (nSPS) is 10.6. The average Bonchev–Trinajstić information content (AvgIpc) is 2.51. The van der Waals surface area contributed by atoms with Crippen molar-refractivity contribution in [2.24, 2.45) is 0 Å². The largest absolute Gasteiger partial charge is 0.462 e. The molecule has 2 rings (SSSR count). The highest BCUT2D eigenvalue weighted by molar-refractivity contribution is 6.45. The lowest BCUT2D eigenvalue weighted by Crippen LogP contribution is -2.22. The van der Waals surface area contributed by atoms with Gasteiger partial charge in [-0.3, -0.25) is 4.98 Å². The molecule has 8 heteroatoms. The van der Waals surface area contributed by atoms with Crippen LogP contribution in [0.1, 0.15) is 17.3 Å². The van der Waals surface area contributed by atoms with Gasteiger partial charge >= 0.3 is 5.97 Å². The third-order valence-electron chi connectivity index (χ3n) is 3.29. The summed E-state index contributed by atoms with van der Waals surface area (Å²) in [5, 5.41) is 4.83. The van der Waals surface area contributed by atoms with Gasteiger partial charge in [0, 0.05) is 24.7 Å². The lowest BCUT2D eigenvalue weighted by molar-refractivity contribution is 0.0527. The second-order valence-electron chi connectivity index (χ2n) is 5.25. The lowest BCUT2D eigenvalue weighted by atomic mass is 10.1. The number of hydrogen-bond donors (Lipinski definition) is 1. The number of carbonyl (C=O) groups is 1. The number of esters is 1. The smallest absolute Gasteiger partial charge is 0.341 e. The van der Waals surface area contributed by atoms with E-state index in [2.05, 4.69) is 10.3 Å². The molecule has 0 unspecified atom stereocenters. The number of rotatable bonds is 6. The maximum atomic E-state index is 12.2. The maximum Gasteiger partial charge on any atom is 0.341 e. The molecule has 1 heterocycles. The molecule has 0 saturated heterocycles. The van der Waals surface area contributed by atoms with Gasteiger partial charge in [0.15, 0.2) is 0 Å². The van der Waals surface area contributed by atoms with Crippen LogP contribution in [-0.4, -0.2) is 49.6 Å². The Labute approximate surface area is 157 Å². The molecule has 0 atom stereocenters. The zero-order valence-corrected chi connectivity index (χ0v) is 16.1. The topological polar surface area (TPSA) is 54.5 Å². The summed E-state index contributed by atoms with van der Waals surface area (Å²) in [5.41, 5.74) is 1.60. The molecule has 24 heavy (non-hydrogen) atoms. The number of pyridine rings is 1. The van der Waals surface area contributed by atoms with Gasteiger partial charge in [-0.25, -0.2) is 4.79 Å². The standard InChI is InChI=1S/C16H19Cl2N3O2.ClH/c1-4-23-16(22)11-9-20-15-10(5-6-12(17)13(15)18)14(11)19-7-8-21(2)3;/h5-6,9H,4,7-8H2,1-3H3,(H,19,20);1H. The van der Waals surface area contributed by atoms with Gasteiger partial charge in [-0.05, 0) is 33.2 Å². The summed E-state index contributed by atoms with van der Waals surface area (Å²) in [6, 6.07) is 3.50. The van der Waals surface area contributed by atoms with Gasteiger partial charge in [0.2, 0.25) is 0 Å². The Hall–Kier alpha value is -1.27. The number of nitrogens with one attached hydrogen (secondary N) is 1. The molecule has 0 aliphatic carbocycles. The van der Waals surface area contributed by atoms with Gasteiger partial charge in [0.25, 0.3) is 0 Å². The second kappa shape index (κ2) is 9.28. The van der Waals surface area contributed by atoms with Crippen molar-refractivity contribution in [3.05, 3.63) is 33.9 Å². The number of anilines is 1. The predicted molar refractivity (Wildman–Crippen MR) is 102 cm³/mol. The summed E-state index contributed by atoms with van der Waals surface area (Å²) in [6.45, 7) is 3.55. The molecule has 0 spiro atoms. The van der Waals surface area contributed by atoms with Crippen LogP contribution < -0.4 is 5.32 Å². The SMILES string of the molecule is CCOC(=O)c1cnc2c(Cl)c(Cl)ccc2c1NCCN(C)C.Cl. The number of aromatic nitrogens is 1. The first-order valence-electron chi connectivity index (χ1n) is 7.28. The van der Waals surface area contributed by atoms with Crippen LogP contribution in [0.5, 0.6) is 0 Å². The minimum atomic E-state index is -0.416. The molecular weight excluding hydrogens is 373 g/mol. The highest BCUT2D eigenvalue weighted by Crippen LogP contribution is 2.34. The fourth-order valence-electron chi connectivity index (χ4n) is 2.17. The predicted octanol–water partition coefficient (Wildman–Crippen LogP) is 4.11. The van der Waals surface area contributed by atoms with Gasteiger partial charge in [0.1, 0.15) is 5.56 Å². The van der Waals surface area contributed by atoms with Crippen LogP contribution in [0.25, 0.3) is 10.9 Å². The van der Waals surface area contributed by atoms with E-state index in [0.717, 1.165) is 11.9 Å². The van der Waals surface area contributed by atoms with Gasteiger partial charge < -0.3 is 15.0 Å². The van der Waals surface area contributed by atoms with Gasteiger partial charge in [0.05, 0.1) is 27.9 Å². The van der Waals surface area contributed by atoms with Crippen molar-refractivity contribution in [3.63, 3.8) is 0 Å². The van der Waals surface area contributed by atoms with Crippen LogP contribution >= 0.6 is 35.6 Å². The van der Waals surface area contributed by atoms with Crippen molar-refractivity contribution >= 4 is 58.2 Å². The summed E-state index contributed by atoms with van der Waals surface area (Å²) >= 11 is 12.3. The van der Waals surface area contributed by atoms with E-state index < -0.39 is 5.97 Å².